The quantitative estimate of drug-likeness (QED) is 0.759. The molecular formula is C8H7BrClO. The Balaban J connectivity index is 2.90. The molecule has 0 aliphatic rings. The van der Waals surface area contributed by atoms with Crippen molar-refractivity contribution < 1.29 is 4.74 Å². The van der Waals surface area contributed by atoms with E-state index in [9.17, 15) is 0 Å². The Labute approximate surface area is 79.4 Å². The molecule has 0 spiro atoms. The zero-order valence-corrected chi connectivity index (χ0v) is 8.32. The molecule has 0 amide bonds. The summed E-state index contributed by atoms with van der Waals surface area (Å²) in [5.74, 6) is 0.775. The van der Waals surface area contributed by atoms with Gasteiger partial charge in [-0.2, -0.15) is 0 Å². The van der Waals surface area contributed by atoms with E-state index < -0.39 is 0 Å². The second-order valence-corrected chi connectivity index (χ2v) is 3.22. The molecule has 0 aliphatic heterocycles. The molecule has 1 nitrogen and oxygen atoms in total. The van der Waals surface area contributed by atoms with Crippen molar-refractivity contribution >= 4 is 27.5 Å². The summed E-state index contributed by atoms with van der Waals surface area (Å²) in [6, 6.07) is 5.39. The standard InChI is InChI=1S/C8H7BrClO/c1-2-11-8-4-3-6(10)5-7(8)9/h2-5H,1H3. The van der Waals surface area contributed by atoms with Crippen molar-refractivity contribution in [2.75, 3.05) is 0 Å². The fraction of sp³-hybridized carbons (Fsp3) is 0.125. The van der Waals surface area contributed by atoms with E-state index in [1.807, 2.05) is 13.0 Å². The third-order valence-corrected chi connectivity index (χ3v) is 1.99. The summed E-state index contributed by atoms with van der Waals surface area (Å²) in [4.78, 5) is 0. The zero-order chi connectivity index (χ0) is 8.27. The van der Waals surface area contributed by atoms with Crippen LogP contribution >= 0.6 is 27.5 Å². The lowest BCUT2D eigenvalue weighted by Gasteiger charge is -2.03. The van der Waals surface area contributed by atoms with Crippen LogP contribution in [0.2, 0.25) is 5.02 Å². The topological polar surface area (TPSA) is 9.23 Å². The normalized spacial score (nSPS) is 9.73. The average molecular weight is 234 g/mol. The fourth-order valence-electron chi connectivity index (χ4n) is 0.698. The first-order chi connectivity index (χ1) is 5.24. The summed E-state index contributed by atoms with van der Waals surface area (Å²) in [6.45, 7) is 3.44. The van der Waals surface area contributed by atoms with Crippen molar-refractivity contribution in [2.45, 2.75) is 6.92 Å². The Morgan fingerprint density at radius 1 is 1.55 bits per heavy atom. The minimum absolute atomic E-state index is 0.695. The second-order valence-electron chi connectivity index (χ2n) is 1.93. The molecule has 0 atom stereocenters. The van der Waals surface area contributed by atoms with E-state index in [2.05, 4.69) is 15.9 Å². The molecule has 1 aromatic rings. The summed E-state index contributed by atoms with van der Waals surface area (Å²) in [5.41, 5.74) is 0. The Morgan fingerprint density at radius 3 is 2.82 bits per heavy atom. The van der Waals surface area contributed by atoms with Crippen LogP contribution in [0.15, 0.2) is 22.7 Å². The molecule has 3 heteroatoms. The van der Waals surface area contributed by atoms with Gasteiger partial charge in [0, 0.05) is 5.02 Å². The van der Waals surface area contributed by atoms with Crippen molar-refractivity contribution in [1.82, 2.24) is 0 Å². The predicted octanol–water partition coefficient (Wildman–Crippen LogP) is 3.66. The van der Waals surface area contributed by atoms with Gasteiger partial charge in [-0.05, 0) is 41.1 Å². The van der Waals surface area contributed by atoms with Crippen LogP contribution in [0.1, 0.15) is 6.92 Å². The minimum atomic E-state index is 0.695. The van der Waals surface area contributed by atoms with Gasteiger partial charge in [0.25, 0.3) is 0 Å². The van der Waals surface area contributed by atoms with Crippen molar-refractivity contribution in [1.29, 1.82) is 0 Å². The number of ether oxygens (including phenoxy) is 1. The van der Waals surface area contributed by atoms with Gasteiger partial charge >= 0.3 is 0 Å². The fourth-order valence-corrected chi connectivity index (χ4v) is 1.47. The first kappa shape index (κ1) is 8.88. The van der Waals surface area contributed by atoms with Gasteiger partial charge in [-0.1, -0.05) is 11.6 Å². The Kier molecular flexibility index (Phi) is 3.21. The number of hydrogen-bond donors (Lipinski definition) is 0. The van der Waals surface area contributed by atoms with Gasteiger partial charge in [0.05, 0.1) is 4.47 Å². The molecule has 0 N–H and O–H groups in total. The van der Waals surface area contributed by atoms with Crippen molar-refractivity contribution in [3.8, 4) is 5.75 Å². The van der Waals surface area contributed by atoms with Crippen LogP contribution in [0.5, 0.6) is 5.75 Å². The molecule has 1 rings (SSSR count). The van der Waals surface area contributed by atoms with Gasteiger partial charge in [-0.15, -0.1) is 0 Å². The van der Waals surface area contributed by atoms with E-state index in [-0.39, 0.29) is 0 Å². The van der Waals surface area contributed by atoms with Crippen molar-refractivity contribution in [2.24, 2.45) is 0 Å². The lowest BCUT2D eigenvalue weighted by molar-refractivity contribution is 0.414. The van der Waals surface area contributed by atoms with Crippen LogP contribution in [-0.2, 0) is 0 Å². The van der Waals surface area contributed by atoms with Crippen LogP contribution < -0.4 is 4.74 Å². The molecule has 0 bridgehead atoms. The number of benzene rings is 1. The highest BCUT2D eigenvalue weighted by Crippen LogP contribution is 2.28. The molecule has 0 aromatic heterocycles. The third-order valence-electron chi connectivity index (χ3n) is 1.14. The summed E-state index contributed by atoms with van der Waals surface area (Å²) in [6.07, 6.45) is 0. The van der Waals surface area contributed by atoms with E-state index in [0.29, 0.717) is 5.02 Å². The summed E-state index contributed by atoms with van der Waals surface area (Å²) in [5, 5.41) is 0.695. The maximum Gasteiger partial charge on any atom is 0.134 e. The maximum absolute atomic E-state index is 5.72. The summed E-state index contributed by atoms with van der Waals surface area (Å²) >= 11 is 9.04. The molecule has 0 saturated heterocycles. The second kappa shape index (κ2) is 3.98. The number of halogens is 2. The largest absolute Gasteiger partial charge is 0.486 e. The SMILES string of the molecule is C[CH]Oc1ccc(Cl)cc1Br. The van der Waals surface area contributed by atoms with Gasteiger partial charge in [0.15, 0.2) is 0 Å². The van der Waals surface area contributed by atoms with Gasteiger partial charge in [0.2, 0.25) is 0 Å². The first-order valence-electron chi connectivity index (χ1n) is 3.13. The van der Waals surface area contributed by atoms with Crippen molar-refractivity contribution in [3.63, 3.8) is 0 Å². The van der Waals surface area contributed by atoms with Crippen LogP contribution in [0.25, 0.3) is 0 Å². The molecule has 0 heterocycles. The van der Waals surface area contributed by atoms with Crippen LogP contribution in [0.4, 0.5) is 0 Å². The van der Waals surface area contributed by atoms with Gasteiger partial charge in [-0.25, -0.2) is 0 Å². The predicted molar refractivity (Wildman–Crippen MR) is 49.8 cm³/mol. The Morgan fingerprint density at radius 2 is 2.27 bits per heavy atom. The van der Waals surface area contributed by atoms with E-state index in [0.717, 1.165) is 10.2 Å². The van der Waals surface area contributed by atoms with Gasteiger partial charge < -0.3 is 4.74 Å². The van der Waals surface area contributed by atoms with E-state index in [1.54, 1.807) is 18.7 Å². The molecule has 11 heavy (non-hydrogen) atoms. The number of rotatable bonds is 2. The molecule has 59 valence electrons. The highest BCUT2D eigenvalue weighted by molar-refractivity contribution is 9.10. The molecule has 1 aromatic carbocycles. The maximum atomic E-state index is 5.72. The Bertz CT molecular complexity index is 250. The monoisotopic (exact) mass is 233 g/mol. The molecule has 0 fully saturated rings. The number of hydrogen-bond acceptors (Lipinski definition) is 1. The van der Waals surface area contributed by atoms with E-state index >= 15 is 0 Å². The van der Waals surface area contributed by atoms with Gasteiger partial charge in [0.1, 0.15) is 12.4 Å². The molecule has 0 aliphatic carbocycles. The van der Waals surface area contributed by atoms with Crippen molar-refractivity contribution in [3.05, 3.63) is 34.3 Å². The highest BCUT2D eigenvalue weighted by Gasteiger charge is 1.99. The van der Waals surface area contributed by atoms with Crippen LogP contribution in [-0.4, -0.2) is 0 Å². The lowest BCUT2D eigenvalue weighted by atomic mass is 10.3. The molecular weight excluding hydrogens is 227 g/mol. The molecule has 0 saturated carbocycles. The van der Waals surface area contributed by atoms with E-state index in [4.69, 9.17) is 16.3 Å². The first-order valence-corrected chi connectivity index (χ1v) is 4.30. The molecule has 1 radical (unpaired) electrons. The Hall–Kier alpha value is -0.210. The highest BCUT2D eigenvalue weighted by atomic mass is 79.9. The summed E-state index contributed by atoms with van der Waals surface area (Å²) < 4.78 is 6.03. The molecule has 0 unspecified atom stereocenters. The van der Waals surface area contributed by atoms with Crippen LogP contribution in [0, 0.1) is 6.61 Å². The summed E-state index contributed by atoms with van der Waals surface area (Å²) in [7, 11) is 0. The average Bonchev–Trinajstić information content (AvgIpc) is 1.95. The lowest BCUT2D eigenvalue weighted by Crippen LogP contribution is -1.85. The minimum Gasteiger partial charge on any atom is -0.486 e. The van der Waals surface area contributed by atoms with Crippen LogP contribution in [0.3, 0.4) is 0 Å². The zero-order valence-electron chi connectivity index (χ0n) is 5.97. The van der Waals surface area contributed by atoms with E-state index in [1.165, 1.54) is 0 Å². The third kappa shape index (κ3) is 2.38. The smallest absolute Gasteiger partial charge is 0.134 e. The van der Waals surface area contributed by atoms with Gasteiger partial charge in [-0.3, -0.25) is 0 Å².